The zero-order chi connectivity index (χ0) is 9.26. The summed E-state index contributed by atoms with van der Waals surface area (Å²) in [5.41, 5.74) is 0. The molecule has 0 N–H and O–H groups in total. The van der Waals surface area contributed by atoms with Gasteiger partial charge < -0.3 is 0 Å². The van der Waals surface area contributed by atoms with Gasteiger partial charge in [0.1, 0.15) is 6.42 Å². The number of para-hydroxylation sites is 2. The highest BCUT2D eigenvalue weighted by molar-refractivity contribution is 5.98. The lowest BCUT2D eigenvalue weighted by molar-refractivity contribution is -0.125. The van der Waals surface area contributed by atoms with Crippen molar-refractivity contribution in [3.63, 3.8) is 0 Å². The topological polar surface area (TPSA) is 58.9 Å². The summed E-state index contributed by atoms with van der Waals surface area (Å²) in [7, 11) is 0. The molecule has 2 rings (SSSR count). The Morgan fingerprint density at radius 1 is 0.923 bits per heavy atom. The van der Waals surface area contributed by atoms with Crippen LogP contribution in [0.2, 0.25) is 0 Å². The van der Waals surface area contributed by atoms with Crippen molar-refractivity contribution in [1.29, 1.82) is 0 Å². The highest BCUT2D eigenvalue weighted by atomic mass is 16.2. The molecule has 1 aromatic carbocycles. The van der Waals surface area contributed by atoms with Gasteiger partial charge in [-0.1, -0.05) is 12.1 Å². The largest absolute Gasteiger partial charge is 0.272 e. The Hall–Kier alpha value is -1.84. The molecule has 4 nitrogen and oxygen atoms in total. The van der Waals surface area contributed by atoms with Crippen LogP contribution < -0.4 is 10.7 Å². The fourth-order valence-electron chi connectivity index (χ4n) is 1.13. The summed E-state index contributed by atoms with van der Waals surface area (Å²) in [6.07, 6.45) is -0.228. The first-order valence-corrected chi connectivity index (χ1v) is 3.84. The third-order valence-electron chi connectivity index (χ3n) is 1.67. The average Bonchev–Trinajstić information content (AvgIpc) is 2.20. The van der Waals surface area contributed by atoms with Gasteiger partial charge in [0, 0.05) is 0 Å². The number of carbonyl (C=O) groups excluding carboxylic acids is 2. The van der Waals surface area contributed by atoms with Gasteiger partial charge in [0.25, 0.3) is 11.8 Å². The lowest BCUT2D eigenvalue weighted by Gasteiger charge is -1.82. The molecule has 0 radical (unpaired) electrons. The Bertz CT molecular complexity index is 446. The SMILES string of the molecule is O=C1CC(=O)N=c2ccccc2=N1. The summed E-state index contributed by atoms with van der Waals surface area (Å²) < 4.78 is 0. The van der Waals surface area contributed by atoms with E-state index < -0.39 is 11.8 Å². The van der Waals surface area contributed by atoms with Crippen LogP contribution in [0.1, 0.15) is 6.42 Å². The van der Waals surface area contributed by atoms with E-state index in [9.17, 15) is 9.59 Å². The first-order chi connectivity index (χ1) is 6.25. The maximum atomic E-state index is 11.0. The number of benzene rings is 1. The zero-order valence-electron chi connectivity index (χ0n) is 6.73. The van der Waals surface area contributed by atoms with Gasteiger partial charge in [0.2, 0.25) is 0 Å². The monoisotopic (exact) mass is 174 g/mol. The normalized spacial score (nSPS) is 15.4. The molecule has 13 heavy (non-hydrogen) atoms. The van der Waals surface area contributed by atoms with Crippen molar-refractivity contribution in [1.82, 2.24) is 0 Å². The number of nitrogens with zero attached hydrogens (tertiary/aromatic N) is 2. The molecule has 0 unspecified atom stereocenters. The van der Waals surface area contributed by atoms with Crippen LogP contribution in [0, 0.1) is 0 Å². The summed E-state index contributed by atoms with van der Waals surface area (Å²) >= 11 is 0. The molecule has 0 atom stereocenters. The van der Waals surface area contributed by atoms with E-state index in [1.54, 1.807) is 24.3 Å². The second-order valence-corrected chi connectivity index (χ2v) is 2.68. The molecule has 64 valence electrons. The number of hydrogen-bond acceptors (Lipinski definition) is 2. The number of hydrogen-bond donors (Lipinski definition) is 0. The van der Waals surface area contributed by atoms with Gasteiger partial charge in [-0.2, -0.15) is 0 Å². The van der Waals surface area contributed by atoms with E-state index in [2.05, 4.69) is 9.98 Å². The van der Waals surface area contributed by atoms with Crippen molar-refractivity contribution < 1.29 is 9.59 Å². The Morgan fingerprint density at radius 3 is 1.85 bits per heavy atom. The molecular weight excluding hydrogens is 168 g/mol. The van der Waals surface area contributed by atoms with Gasteiger partial charge in [-0.25, -0.2) is 9.98 Å². The molecule has 0 aliphatic carbocycles. The van der Waals surface area contributed by atoms with Crippen LogP contribution in [0.5, 0.6) is 0 Å². The molecular formula is C9H6N2O2. The second-order valence-electron chi connectivity index (χ2n) is 2.68. The van der Waals surface area contributed by atoms with Gasteiger partial charge in [-0.15, -0.1) is 0 Å². The standard InChI is InChI=1S/C9H6N2O2/c12-8-5-9(13)11-7-4-2-1-3-6(7)10-8/h1-4H,5H2. The molecule has 0 saturated carbocycles. The highest BCUT2D eigenvalue weighted by Gasteiger charge is 2.09. The molecule has 2 amide bonds. The van der Waals surface area contributed by atoms with E-state index in [0.29, 0.717) is 10.7 Å². The van der Waals surface area contributed by atoms with Crippen LogP contribution in [-0.4, -0.2) is 11.8 Å². The minimum atomic E-state index is -0.432. The van der Waals surface area contributed by atoms with Crippen molar-refractivity contribution in [2.24, 2.45) is 9.98 Å². The van der Waals surface area contributed by atoms with E-state index in [1.807, 2.05) is 0 Å². The molecule has 0 aromatic heterocycles. The molecule has 0 saturated heterocycles. The van der Waals surface area contributed by atoms with Crippen molar-refractivity contribution in [3.8, 4) is 0 Å². The van der Waals surface area contributed by atoms with Crippen LogP contribution in [-0.2, 0) is 9.59 Å². The Morgan fingerprint density at radius 2 is 1.38 bits per heavy atom. The predicted molar refractivity (Wildman–Crippen MR) is 43.4 cm³/mol. The van der Waals surface area contributed by atoms with Gasteiger partial charge in [-0.3, -0.25) is 9.59 Å². The van der Waals surface area contributed by atoms with Crippen LogP contribution in [0.3, 0.4) is 0 Å². The summed E-state index contributed by atoms with van der Waals surface area (Å²) in [6.45, 7) is 0. The fourth-order valence-corrected chi connectivity index (χ4v) is 1.13. The molecule has 0 fully saturated rings. The Kier molecular flexibility index (Phi) is 1.73. The van der Waals surface area contributed by atoms with Crippen LogP contribution in [0.25, 0.3) is 0 Å². The minimum Gasteiger partial charge on any atom is -0.272 e. The quantitative estimate of drug-likeness (QED) is 0.492. The number of amides is 2. The maximum Gasteiger partial charge on any atom is 0.255 e. The summed E-state index contributed by atoms with van der Waals surface area (Å²) in [5, 5.41) is 0.941. The van der Waals surface area contributed by atoms with Crippen molar-refractivity contribution in [2.75, 3.05) is 0 Å². The first-order valence-electron chi connectivity index (χ1n) is 3.84. The summed E-state index contributed by atoms with van der Waals surface area (Å²) in [5.74, 6) is -0.864. The van der Waals surface area contributed by atoms with Crippen LogP contribution in [0.4, 0.5) is 0 Å². The van der Waals surface area contributed by atoms with E-state index in [1.165, 1.54) is 0 Å². The van der Waals surface area contributed by atoms with Gasteiger partial charge in [-0.05, 0) is 12.1 Å². The number of carbonyl (C=O) groups is 2. The Balaban J connectivity index is 2.82. The van der Waals surface area contributed by atoms with E-state index in [4.69, 9.17) is 0 Å². The number of rotatable bonds is 0. The minimum absolute atomic E-state index is 0.228. The van der Waals surface area contributed by atoms with Gasteiger partial charge in [0.15, 0.2) is 0 Å². The molecule has 0 bridgehead atoms. The van der Waals surface area contributed by atoms with E-state index in [0.717, 1.165) is 0 Å². The van der Waals surface area contributed by atoms with Gasteiger partial charge >= 0.3 is 0 Å². The zero-order valence-corrected chi connectivity index (χ0v) is 6.73. The van der Waals surface area contributed by atoms with Crippen LogP contribution >= 0.6 is 0 Å². The molecule has 1 aromatic rings. The summed E-state index contributed by atoms with van der Waals surface area (Å²) in [4.78, 5) is 29.5. The van der Waals surface area contributed by atoms with Gasteiger partial charge in [0.05, 0.1) is 10.7 Å². The molecule has 4 heteroatoms. The Labute approximate surface area is 73.6 Å². The number of fused-ring (bicyclic) bond motifs is 1. The molecule has 1 heterocycles. The highest BCUT2D eigenvalue weighted by Crippen LogP contribution is 1.89. The van der Waals surface area contributed by atoms with Crippen molar-refractivity contribution in [3.05, 3.63) is 35.0 Å². The van der Waals surface area contributed by atoms with Crippen molar-refractivity contribution >= 4 is 11.8 Å². The van der Waals surface area contributed by atoms with Crippen molar-refractivity contribution in [2.45, 2.75) is 6.42 Å². The summed E-state index contributed by atoms with van der Waals surface area (Å²) in [6, 6.07) is 6.83. The molecule has 0 spiro atoms. The molecule has 1 aliphatic heterocycles. The maximum absolute atomic E-state index is 11.0. The van der Waals surface area contributed by atoms with E-state index in [-0.39, 0.29) is 6.42 Å². The first kappa shape index (κ1) is 7.79. The second kappa shape index (κ2) is 2.90. The smallest absolute Gasteiger partial charge is 0.255 e. The lowest BCUT2D eigenvalue weighted by atomic mass is 10.3. The lowest BCUT2D eigenvalue weighted by Crippen LogP contribution is -2.24. The van der Waals surface area contributed by atoms with E-state index >= 15 is 0 Å². The predicted octanol–water partition coefficient (Wildman–Crippen LogP) is -0.617. The van der Waals surface area contributed by atoms with Crippen LogP contribution in [0.15, 0.2) is 34.3 Å². The third kappa shape index (κ3) is 1.51. The molecule has 1 aliphatic rings. The third-order valence-corrected chi connectivity index (χ3v) is 1.67. The average molecular weight is 174 g/mol. The fraction of sp³-hybridized carbons (Fsp3) is 0.111.